The first-order valence-corrected chi connectivity index (χ1v) is 14.7. The summed E-state index contributed by atoms with van der Waals surface area (Å²) in [5, 5.41) is 16.7. The van der Waals surface area contributed by atoms with Crippen molar-refractivity contribution in [2.75, 3.05) is 11.4 Å². The Balaban J connectivity index is 0.000000771. The highest BCUT2D eigenvalue weighted by Gasteiger charge is 2.43. The molecule has 0 saturated carbocycles. The number of aliphatic carboxylic acids is 2. The van der Waals surface area contributed by atoms with Gasteiger partial charge >= 0.3 is 18.1 Å². The van der Waals surface area contributed by atoms with Gasteiger partial charge < -0.3 is 26.6 Å². The van der Waals surface area contributed by atoms with E-state index in [9.17, 15) is 32.7 Å². The van der Waals surface area contributed by atoms with Gasteiger partial charge in [0.1, 0.15) is 6.04 Å². The number of anilines is 2. The van der Waals surface area contributed by atoms with Crippen LogP contribution in [0.1, 0.15) is 60.1 Å². The number of nitrogens with two attached hydrogens (primary N) is 2. The molecule has 1 heterocycles. The van der Waals surface area contributed by atoms with Gasteiger partial charge in [-0.2, -0.15) is 13.2 Å². The van der Waals surface area contributed by atoms with Crippen LogP contribution < -0.4 is 16.4 Å². The summed E-state index contributed by atoms with van der Waals surface area (Å²) in [5.41, 5.74) is 13.8. The van der Waals surface area contributed by atoms with Gasteiger partial charge in [-0.3, -0.25) is 24.3 Å². The van der Waals surface area contributed by atoms with Crippen molar-refractivity contribution in [2.24, 2.45) is 16.5 Å². The molecule has 0 saturated heterocycles. The third-order valence-electron chi connectivity index (χ3n) is 7.23. The molecule has 6 N–H and O–H groups in total. The molecule has 2 atom stereocenters. The molecule has 4 rings (SSSR count). The number of nitrogens with zero attached hydrogens (tertiary/aromatic N) is 3. The molecule has 0 fully saturated rings. The first-order chi connectivity index (χ1) is 22.2. The molecule has 3 aromatic carbocycles. The lowest BCUT2D eigenvalue weighted by atomic mass is 10.00. The zero-order chi connectivity index (χ0) is 34.7. The van der Waals surface area contributed by atoms with Gasteiger partial charge in [-0.25, -0.2) is 4.79 Å². The summed E-state index contributed by atoms with van der Waals surface area (Å²) in [7, 11) is 0. The van der Waals surface area contributed by atoms with Gasteiger partial charge in [-0.1, -0.05) is 61.0 Å². The van der Waals surface area contributed by atoms with Crippen LogP contribution in [0.25, 0.3) is 0 Å². The van der Waals surface area contributed by atoms with Gasteiger partial charge in [0.25, 0.3) is 11.8 Å². The molecule has 0 spiro atoms. The Labute approximate surface area is 269 Å². The molecule has 2 amide bonds. The van der Waals surface area contributed by atoms with Gasteiger partial charge in [-0.05, 0) is 61.6 Å². The number of guanidine groups is 1. The molecule has 11 nitrogen and oxygen atoms in total. The zero-order valence-electron chi connectivity index (χ0n) is 25.6. The molecule has 0 aromatic heterocycles. The Bertz CT molecular complexity index is 1580. The third-order valence-corrected chi connectivity index (χ3v) is 7.23. The fourth-order valence-corrected chi connectivity index (χ4v) is 5.13. The van der Waals surface area contributed by atoms with E-state index in [1.54, 1.807) is 24.0 Å². The summed E-state index contributed by atoms with van der Waals surface area (Å²) in [4.78, 5) is 56.4. The van der Waals surface area contributed by atoms with Crippen molar-refractivity contribution in [1.29, 1.82) is 0 Å². The van der Waals surface area contributed by atoms with Crippen molar-refractivity contribution in [3.8, 4) is 0 Å². The molecule has 0 radical (unpaired) electrons. The second-order valence-corrected chi connectivity index (χ2v) is 10.8. The first-order valence-electron chi connectivity index (χ1n) is 14.7. The normalized spacial score (nSPS) is 15.1. The van der Waals surface area contributed by atoms with Crippen molar-refractivity contribution in [1.82, 2.24) is 4.90 Å². The number of halogens is 3. The van der Waals surface area contributed by atoms with Crippen LogP contribution in [0.15, 0.2) is 83.9 Å². The van der Waals surface area contributed by atoms with Gasteiger partial charge in [-0.15, -0.1) is 0 Å². The number of hydrogen-bond acceptors (Lipinski definition) is 5. The number of benzene rings is 3. The minimum Gasteiger partial charge on any atom is -0.481 e. The number of carboxylic acids is 2. The topological polar surface area (TPSA) is 180 Å². The Morgan fingerprint density at radius 3 is 2.06 bits per heavy atom. The number of unbranched alkanes of at least 4 members (excludes halogenated alkanes) is 2. The van der Waals surface area contributed by atoms with Crippen molar-refractivity contribution in [3.63, 3.8) is 0 Å². The molecule has 0 bridgehead atoms. The van der Waals surface area contributed by atoms with Crippen LogP contribution in [0.4, 0.5) is 24.5 Å². The summed E-state index contributed by atoms with van der Waals surface area (Å²) in [6.45, 7) is 2.24. The summed E-state index contributed by atoms with van der Waals surface area (Å²) in [6.07, 6.45) is -2.02. The Hall–Kier alpha value is -5.40. The van der Waals surface area contributed by atoms with E-state index in [1.807, 2.05) is 66.7 Å². The number of amides is 2. The molecule has 0 aliphatic carbocycles. The largest absolute Gasteiger partial charge is 0.490 e. The molecule has 3 aromatic rings. The highest BCUT2D eigenvalue weighted by molar-refractivity contribution is 6.14. The van der Waals surface area contributed by atoms with Crippen LogP contribution in [0.2, 0.25) is 0 Å². The number of para-hydroxylation sites is 1. The Kier molecular flexibility index (Phi) is 12.5. The fraction of sp³-hybridized carbons (Fsp3) is 0.303. The number of rotatable bonds is 11. The van der Waals surface area contributed by atoms with E-state index in [1.165, 1.54) is 4.90 Å². The lowest BCUT2D eigenvalue weighted by Crippen LogP contribution is -2.46. The zero-order valence-corrected chi connectivity index (χ0v) is 25.6. The molecule has 47 heavy (non-hydrogen) atoms. The standard InChI is InChI=1S/C31H35N5O4.C2HF3O2/c1-21(19-27(37)38)35-28(23-12-6-2-7-13-23)30(40)36(24-14-8-3-9-15-24)26-17-16-22(20-25(26)29(35)39)11-5-4-10-18-34-31(32)33;3-2(4,5)1(6)7/h2-3,6-9,12-17,20-21,28H,4-5,10-11,18-19H2,1H3,(H,37,38)(H4,32,33,34);(H,6,7). The van der Waals surface area contributed by atoms with E-state index in [4.69, 9.17) is 21.4 Å². The molecular weight excluding hydrogens is 619 g/mol. The molecular formula is C33H36F3N5O6. The summed E-state index contributed by atoms with van der Waals surface area (Å²) in [6, 6.07) is 22.1. The molecule has 1 aliphatic rings. The van der Waals surface area contributed by atoms with E-state index >= 15 is 0 Å². The summed E-state index contributed by atoms with van der Waals surface area (Å²) < 4.78 is 31.7. The van der Waals surface area contributed by atoms with Crippen LogP contribution in [0, 0.1) is 0 Å². The number of carbonyl (C=O) groups is 4. The Morgan fingerprint density at radius 2 is 1.51 bits per heavy atom. The quantitative estimate of drug-likeness (QED) is 0.126. The maximum Gasteiger partial charge on any atom is 0.490 e. The number of carbonyl (C=O) groups excluding carboxylic acids is 2. The number of fused-ring (bicyclic) bond motifs is 1. The minimum absolute atomic E-state index is 0.0808. The number of aliphatic imine (C=N–C) groups is 1. The van der Waals surface area contributed by atoms with E-state index < -0.39 is 30.2 Å². The monoisotopic (exact) mass is 655 g/mol. The number of hydrogen-bond donors (Lipinski definition) is 4. The average molecular weight is 656 g/mol. The SMILES string of the molecule is CC(CC(=O)O)N1C(=O)c2cc(CCCCCN=C(N)N)ccc2N(c2ccccc2)C(=O)C1c1ccccc1.O=C(O)C(F)(F)F. The van der Waals surface area contributed by atoms with Crippen LogP contribution in [0.3, 0.4) is 0 Å². The maximum absolute atomic E-state index is 14.4. The van der Waals surface area contributed by atoms with Crippen molar-refractivity contribution < 1.29 is 42.6 Å². The highest BCUT2D eigenvalue weighted by atomic mass is 19.4. The molecule has 250 valence electrons. The van der Waals surface area contributed by atoms with E-state index in [-0.39, 0.29) is 24.2 Å². The molecule has 1 aliphatic heterocycles. The third kappa shape index (κ3) is 9.79. The highest BCUT2D eigenvalue weighted by Crippen LogP contribution is 2.40. The van der Waals surface area contributed by atoms with Crippen molar-refractivity contribution in [2.45, 2.75) is 57.3 Å². The van der Waals surface area contributed by atoms with Gasteiger partial charge in [0.2, 0.25) is 0 Å². The van der Waals surface area contributed by atoms with Crippen LogP contribution in [-0.2, 0) is 20.8 Å². The van der Waals surface area contributed by atoms with Gasteiger partial charge in [0.15, 0.2) is 5.96 Å². The van der Waals surface area contributed by atoms with E-state index in [0.29, 0.717) is 29.0 Å². The average Bonchev–Trinajstić information content (AvgIpc) is 3.11. The van der Waals surface area contributed by atoms with Crippen molar-refractivity contribution in [3.05, 3.63) is 95.6 Å². The summed E-state index contributed by atoms with van der Waals surface area (Å²) in [5.74, 6) is -4.42. The van der Waals surface area contributed by atoms with Gasteiger partial charge in [0.05, 0.1) is 17.7 Å². The molecule has 2 unspecified atom stereocenters. The van der Waals surface area contributed by atoms with Crippen LogP contribution in [0.5, 0.6) is 0 Å². The second-order valence-electron chi connectivity index (χ2n) is 10.8. The lowest BCUT2D eigenvalue weighted by molar-refractivity contribution is -0.192. The minimum atomic E-state index is -5.08. The van der Waals surface area contributed by atoms with E-state index in [2.05, 4.69) is 4.99 Å². The van der Waals surface area contributed by atoms with Crippen molar-refractivity contribution >= 4 is 41.1 Å². The number of aryl methyl sites for hydroxylation is 1. The predicted molar refractivity (Wildman–Crippen MR) is 169 cm³/mol. The maximum atomic E-state index is 14.4. The Morgan fingerprint density at radius 1 is 0.915 bits per heavy atom. The predicted octanol–water partition coefficient (Wildman–Crippen LogP) is 5.03. The number of carboxylic acid groups (broad SMARTS) is 2. The van der Waals surface area contributed by atoms with Crippen LogP contribution >= 0.6 is 0 Å². The van der Waals surface area contributed by atoms with E-state index in [0.717, 1.165) is 31.2 Å². The molecule has 14 heteroatoms. The smallest absolute Gasteiger partial charge is 0.481 e. The lowest BCUT2D eigenvalue weighted by Gasteiger charge is -2.35. The van der Waals surface area contributed by atoms with Crippen LogP contribution in [-0.4, -0.2) is 63.6 Å². The fourth-order valence-electron chi connectivity index (χ4n) is 5.13. The first kappa shape index (κ1) is 36.1. The number of alkyl halides is 3. The van der Waals surface area contributed by atoms with Gasteiger partial charge in [0, 0.05) is 18.3 Å². The second kappa shape index (κ2) is 16.2. The summed E-state index contributed by atoms with van der Waals surface area (Å²) >= 11 is 0.